The monoisotopic (exact) mass is 206 g/mol. The van der Waals surface area contributed by atoms with Crippen molar-refractivity contribution in [3.63, 3.8) is 0 Å². The van der Waals surface area contributed by atoms with E-state index >= 15 is 0 Å². The minimum atomic E-state index is 0.701. The van der Waals surface area contributed by atoms with E-state index in [-0.39, 0.29) is 0 Å². The average Bonchev–Trinajstić information content (AvgIpc) is 2.74. The number of aryl methyl sites for hydroxylation is 1. The summed E-state index contributed by atoms with van der Waals surface area (Å²) in [5.41, 5.74) is 2.59. The predicted octanol–water partition coefficient (Wildman–Crippen LogP) is 1.52. The molecule has 3 nitrogen and oxygen atoms in total. The molecule has 0 saturated carbocycles. The minimum absolute atomic E-state index is 0.701. The van der Waals surface area contributed by atoms with E-state index in [1.165, 1.54) is 17.5 Å². The maximum absolute atomic E-state index is 5.33. The first kappa shape index (κ1) is 10.6. The summed E-state index contributed by atoms with van der Waals surface area (Å²) in [6, 6.07) is 2.08. The lowest BCUT2D eigenvalue weighted by molar-refractivity contribution is 0.185. The molecule has 1 fully saturated rings. The van der Waals surface area contributed by atoms with Crippen LogP contribution in [0.25, 0.3) is 0 Å². The van der Waals surface area contributed by atoms with Gasteiger partial charge in [0.2, 0.25) is 0 Å². The Hall–Kier alpha value is -0.930. The third kappa shape index (κ3) is 3.01. The first-order valence-electron chi connectivity index (χ1n) is 5.54. The van der Waals surface area contributed by atoms with Crippen LogP contribution in [0.5, 0.6) is 0 Å². The quantitative estimate of drug-likeness (QED) is 0.811. The van der Waals surface area contributed by atoms with Crippen molar-refractivity contribution in [1.29, 1.82) is 0 Å². The van der Waals surface area contributed by atoms with Crippen LogP contribution in [0.3, 0.4) is 0 Å². The molecule has 82 valence electrons. The molecule has 0 aromatic carbocycles. The van der Waals surface area contributed by atoms with Gasteiger partial charge in [-0.05, 0) is 36.5 Å². The van der Waals surface area contributed by atoms with Crippen molar-refractivity contribution >= 4 is 0 Å². The highest BCUT2D eigenvalue weighted by Crippen LogP contribution is 2.11. The first-order valence-corrected chi connectivity index (χ1v) is 5.54. The van der Waals surface area contributed by atoms with Gasteiger partial charge in [-0.25, -0.2) is 0 Å². The molecule has 1 unspecified atom stereocenters. The summed E-state index contributed by atoms with van der Waals surface area (Å²) in [4.78, 5) is 4.08. The van der Waals surface area contributed by atoms with Crippen molar-refractivity contribution in [3.8, 4) is 0 Å². The molecule has 0 bridgehead atoms. The number of rotatable bonds is 4. The van der Waals surface area contributed by atoms with Gasteiger partial charge in [-0.1, -0.05) is 0 Å². The molecule has 1 aliphatic heterocycles. The molecule has 1 saturated heterocycles. The number of nitrogens with one attached hydrogen (secondary N) is 1. The van der Waals surface area contributed by atoms with E-state index in [0.717, 1.165) is 26.3 Å². The van der Waals surface area contributed by atoms with Crippen LogP contribution < -0.4 is 5.32 Å². The van der Waals surface area contributed by atoms with E-state index in [1.807, 2.05) is 12.4 Å². The zero-order valence-corrected chi connectivity index (χ0v) is 9.20. The highest BCUT2D eigenvalue weighted by Gasteiger charge is 2.14. The van der Waals surface area contributed by atoms with Crippen molar-refractivity contribution in [2.24, 2.45) is 5.92 Å². The zero-order valence-electron chi connectivity index (χ0n) is 9.20. The molecule has 3 heteroatoms. The van der Waals surface area contributed by atoms with Gasteiger partial charge < -0.3 is 10.1 Å². The van der Waals surface area contributed by atoms with E-state index in [0.29, 0.717) is 5.92 Å². The summed E-state index contributed by atoms with van der Waals surface area (Å²) < 4.78 is 5.33. The highest BCUT2D eigenvalue weighted by atomic mass is 16.5. The third-order valence-electron chi connectivity index (χ3n) is 2.91. The highest BCUT2D eigenvalue weighted by molar-refractivity contribution is 5.21. The number of ether oxygens (including phenoxy) is 1. The summed E-state index contributed by atoms with van der Waals surface area (Å²) in [6.07, 6.45) is 4.96. The van der Waals surface area contributed by atoms with Crippen LogP contribution in [-0.2, 0) is 11.3 Å². The van der Waals surface area contributed by atoms with Crippen LogP contribution in [0.2, 0.25) is 0 Å². The van der Waals surface area contributed by atoms with Crippen molar-refractivity contribution < 1.29 is 4.74 Å². The van der Waals surface area contributed by atoms with Gasteiger partial charge in [0.1, 0.15) is 0 Å². The fourth-order valence-electron chi connectivity index (χ4n) is 1.86. The average molecular weight is 206 g/mol. The van der Waals surface area contributed by atoms with Gasteiger partial charge in [0.15, 0.2) is 0 Å². The Labute approximate surface area is 90.9 Å². The largest absolute Gasteiger partial charge is 0.381 e. The summed E-state index contributed by atoms with van der Waals surface area (Å²) in [5, 5.41) is 3.48. The van der Waals surface area contributed by atoms with Crippen LogP contribution in [0.15, 0.2) is 18.5 Å². The Morgan fingerprint density at radius 3 is 3.27 bits per heavy atom. The third-order valence-corrected chi connectivity index (χ3v) is 2.91. The second kappa shape index (κ2) is 5.24. The Bertz CT molecular complexity index is 308. The van der Waals surface area contributed by atoms with E-state index in [9.17, 15) is 0 Å². The first-order chi connectivity index (χ1) is 7.36. The Kier molecular flexibility index (Phi) is 3.69. The van der Waals surface area contributed by atoms with Gasteiger partial charge in [0.25, 0.3) is 0 Å². The maximum atomic E-state index is 5.33. The minimum Gasteiger partial charge on any atom is -0.381 e. The molecular formula is C12H18N2O. The molecule has 1 aromatic heterocycles. The summed E-state index contributed by atoms with van der Waals surface area (Å²) in [6.45, 7) is 5.94. The number of aromatic nitrogens is 1. The van der Waals surface area contributed by atoms with Crippen molar-refractivity contribution in [1.82, 2.24) is 10.3 Å². The molecule has 1 aromatic rings. The van der Waals surface area contributed by atoms with E-state index in [4.69, 9.17) is 4.74 Å². The van der Waals surface area contributed by atoms with Crippen LogP contribution >= 0.6 is 0 Å². The van der Waals surface area contributed by atoms with Crippen LogP contribution in [0.4, 0.5) is 0 Å². The SMILES string of the molecule is Cc1cnccc1CNCC1CCOC1. The van der Waals surface area contributed by atoms with Crippen LogP contribution in [0, 0.1) is 12.8 Å². The number of hydrogen-bond donors (Lipinski definition) is 1. The molecular weight excluding hydrogens is 188 g/mol. The van der Waals surface area contributed by atoms with Gasteiger partial charge in [-0.3, -0.25) is 4.98 Å². The van der Waals surface area contributed by atoms with Gasteiger partial charge in [0, 0.05) is 32.1 Å². The van der Waals surface area contributed by atoms with Gasteiger partial charge in [-0.15, -0.1) is 0 Å². The Morgan fingerprint density at radius 2 is 2.53 bits per heavy atom. The molecule has 1 N–H and O–H groups in total. The summed E-state index contributed by atoms with van der Waals surface area (Å²) in [7, 11) is 0. The lowest BCUT2D eigenvalue weighted by Gasteiger charge is -2.10. The van der Waals surface area contributed by atoms with Gasteiger partial charge >= 0.3 is 0 Å². The fourth-order valence-corrected chi connectivity index (χ4v) is 1.86. The van der Waals surface area contributed by atoms with E-state index in [1.54, 1.807) is 0 Å². The van der Waals surface area contributed by atoms with Crippen LogP contribution in [-0.4, -0.2) is 24.7 Å². The number of pyridine rings is 1. The standard InChI is InChI=1S/C12H18N2O/c1-10-6-13-4-2-12(10)8-14-7-11-3-5-15-9-11/h2,4,6,11,14H,3,5,7-9H2,1H3. The second-order valence-corrected chi connectivity index (χ2v) is 4.16. The maximum Gasteiger partial charge on any atom is 0.0507 e. The lowest BCUT2D eigenvalue weighted by atomic mass is 10.1. The van der Waals surface area contributed by atoms with E-state index in [2.05, 4.69) is 23.3 Å². The van der Waals surface area contributed by atoms with Crippen LogP contribution in [0.1, 0.15) is 17.5 Å². The van der Waals surface area contributed by atoms with Gasteiger partial charge in [-0.2, -0.15) is 0 Å². The zero-order chi connectivity index (χ0) is 10.5. The predicted molar refractivity (Wildman–Crippen MR) is 59.6 cm³/mol. The Morgan fingerprint density at radius 1 is 1.60 bits per heavy atom. The van der Waals surface area contributed by atoms with E-state index < -0.39 is 0 Å². The summed E-state index contributed by atoms with van der Waals surface area (Å²) in [5.74, 6) is 0.701. The van der Waals surface area contributed by atoms with Gasteiger partial charge in [0.05, 0.1) is 6.61 Å². The topological polar surface area (TPSA) is 34.2 Å². The lowest BCUT2D eigenvalue weighted by Crippen LogP contribution is -2.22. The van der Waals surface area contributed by atoms with Crippen molar-refractivity contribution in [2.45, 2.75) is 19.9 Å². The molecule has 0 radical (unpaired) electrons. The summed E-state index contributed by atoms with van der Waals surface area (Å²) >= 11 is 0. The molecule has 15 heavy (non-hydrogen) atoms. The second-order valence-electron chi connectivity index (χ2n) is 4.16. The molecule has 1 aliphatic rings. The molecule has 2 rings (SSSR count). The molecule has 0 aliphatic carbocycles. The number of hydrogen-bond acceptors (Lipinski definition) is 3. The normalized spacial score (nSPS) is 20.7. The molecule has 2 heterocycles. The number of nitrogens with zero attached hydrogens (tertiary/aromatic N) is 1. The molecule has 0 amide bonds. The molecule has 0 spiro atoms. The van der Waals surface area contributed by atoms with Crippen molar-refractivity contribution in [2.75, 3.05) is 19.8 Å². The Balaban J connectivity index is 1.75. The van der Waals surface area contributed by atoms with Crippen molar-refractivity contribution in [3.05, 3.63) is 29.6 Å². The smallest absolute Gasteiger partial charge is 0.0507 e. The molecule has 1 atom stereocenters. The fraction of sp³-hybridized carbons (Fsp3) is 0.583.